The summed E-state index contributed by atoms with van der Waals surface area (Å²) in [6.45, 7) is 7.04. The van der Waals surface area contributed by atoms with Gasteiger partial charge in [-0.25, -0.2) is 4.79 Å². The summed E-state index contributed by atoms with van der Waals surface area (Å²) in [6.07, 6.45) is 0.640. The van der Waals surface area contributed by atoms with Gasteiger partial charge in [-0.15, -0.1) is 0 Å². The lowest BCUT2D eigenvalue weighted by Gasteiger charge is -2.24. The average molecular weight is 457 g/mol. The summed E-state index contributed by atoms with van der Waals surface area (Å²) in [6, 6.07) is 1.08. The fourth-order valence-electron chi connectivity index (χ4n) is 2.01. The molecule has 0 fully saturated rings. The Morgan fingerprint density at radius 1 is 0.690 bits per heavy atom. The van der Waals surface area contributed by atoms with Crippen LogP contribution in [0.5, 0.6) is 0 Å². The van der Waals surface area contributed by atoms with Gasteiger partial charge in [0, 0.05) is 61.2 Å². The van der Waals surface area contributed by atoms with Gasteiger partial charge >= 0.3 is 29.5 Å². The van der Waals surface area contributed by atoms with Crippen molar-refractivity contribution >= 4 is 29.5 Å². The van der Waals surface area contributed by atoms with Crippen LogP contribution < -0.4 is 0 Å². The first-order chi connectivity index (χ1) is 13.6. The first kappa shape index (κ1) is 30.1. The van der Waals surface area contributed by atoms with Gasteiger partial charge < -0.3 is 36.0 Å². The topological polar surface area (TPSA) is 108 Å². The van der Waals surface area contributed by atoms with Crippen molar-refractivity contribution in [2.24, 2.45) is 0 Å². The number of carbonyl (C=O) groups excluding carboxylic acids is 2. The van der Waals surface area contributed by atoms with Gasteiger partial charge in [-0.1, -0.05) is 6.58 Å². The molecule has 29 heavy (non-hydrogen) atoms. The minimum absolute atomic E-state index is 0.261. The summed E-state index contributed by atoms with van der Waals surface area (Å²) >= 11 is 0. The molecule has 172 valence electrons. The average Bonchev–Trinajstić information content (AvgIpc) is 2.72. The minimum atomic E-state index is -2.56. The largest absolute Gasteiger partial charge is 0.503 e. The Hall–Kier alpha value is -1.13. The van der Waals surface area contributed by atoms with Crippen molar-refractivity contribution in [3.63, 3.8) is 0 Å². The number of rotatable bonds is 14. The van der Waals surface area contributed by atoms with E-state index in [0.717, 1.165) is 0 Å². The summed E-state index contributed by atoms with van der Waals surface area (Å²) in [5.74, 6) is -0.689. The van der Waals surface area contributed by atoms with Gasteiger partial charge in [-0.3, -0.25) is 4.79 Å². The van der Waals surface area contributed by atoms with E-state index in [1.807, 2.05) is 0 Å². The molecule has 0 amide bonds. The number of esters is 2. The van der Waals surface area contributed by atoms with Gasteiger partial charge in [0.2, 0.25) is 0 Å². The SMILES string of the molecule is C=C(C)C(=O)OCCC[Si](OC)(OC)OC.CO[Si](CCOC(C)=O)(OC)OC. The van der Waals surface area contributed by atoms with Gasteiger partial charge in [0.25, 0.3) is 0 Å². The molecule has 0 aromatic carbocycles. The number of ether oxygens (including phenoxy) is 2. The Bertz CT molecular complexity index is 462. The normalized spacial score (nSPS) is 11.3. The second-order valence-electron chi connectivity index (χ2n) is 5.70. The van der Waals surface area contributed by atoms with E-state index in [4.69, 9.17) is 36.0 Å². The van der Waals surface area contributed by atoms with E-state index in [9.17, 15) is 9.59 Å². The van der Waals surface area contributed by atoms with Crippen molar-refractivity contribution in [1.82, 2.24) is 0 Å². The Labute approximate surface area is 176 Å². The minimum Gasteiger partial charge on any atom is -0.466 e. The van der Waals surface area contributed by atoms with Crippen LogP contribution in [0.1, 0.15) is 20.3 Å². The summed E-state index contributed by atoms with van der Waals surface area (Å²) in [4.78, 5) is 21.5. The number of hydrogen-bond acceptors (Lipinski definition) is 10. The summed E-state index contributed by atoms with van der Waals surface area (Å²) < 4.78 is 40.8. The van der Waals surface area contributed by atoms with Gasteiger partial charge in [0.05, 0.1) is 19.3 Å². The Balaban J connectivity index is 0. The second-order valence-corrected chi connectivity index (χ2v) is 11.9. The fourth-order valence-corrected chi connectivity index (χ4v) is 5.16. The molecular formula is C17H36O10Si2. The number of hydrogen-bond donors (Lipinski definition) is 0. The molecule has 0 spiro atoms. The first-order valence-corrected chi connectivity index (χ1v) is 12.7. The highest BCUT2D eigenvalue weighted by atomic mass is 28.4. The predicted molar refractivity (Wildman–Crippen MR) is 110 cm³/mol. The van der Waals surface area contributed by atoms with Crippen LogP contribution in [-0.2, 0) is 45.6 Å². The molecule has 0 radical (unpaired) electrons. The molecule has 0 N–H and O–H groups in total. The van der Waals surface area contributed by atoms with E-state index in [0.29, 0.717) is 30.7 Å². The molecule has 10 nitrogen and oxygen atoms in total. The molecule has 0 heterocycles. The summed E-state index contributed by atoms with van der Waals surface area (Å²) in [7, 11) is 4.13. The van der Waals surface area contributed by atoms with Crippen LogP contribution in [0, 0.1) is 0 Å². The van der Waals surface area contributed by atoms with Crippen LogP contribution in [0.3, 0.4) is 0 Å². The van der Waals surface area contributed by atoms with Crippen molar-refractivity contribution in [3.8, 4) is 0 Å². The van der Waals surface area contributed by atoms with E-state index in [1.165, 1.54) is 28.3 Å². The van der Waals surface area contributed by atoms with Crippen molar-refractivity contribution in [1.29, 1.82) is 0 Å². The molecule has 0 aromatic heterocycles. The van der Waals surface area contributed by atoms with E-state index >= 15 is 0 Å². The molecule has 0 aliphatic carbocycles. The molecule has 0 saturated carbocycles. The van der Waals surface area contributed by atoms with Gasteiger partial charge in [0.1, 0.15) is 0 Å². The Kier molecular flexibility index (Phi) is 17.3. The van der Waals surface area contributed by atoms with Gasteiger partial charge in [0.15, 0.2) is 0 Å². The lowest BCUT2D eigenvalue weighted by Crippen LogP contribution is -2.43. The zero-order chi connectivity index (χ0) is 22.9. The molecule has 0 aliphatic heterocycles. The lowest BCUT2D eigenvalue weighted by atomic mass is 10.4. The third-order valence-electron chi connectivity index (χ3n) is 3.79. The van der Waals surface area contributed by atoms with Crippen molar-refractivity contribution in [2.75, 3.05) is 55.9 Å². The van der Waals surface area contributed by atoms with E-state index in [-0.39, 0.29) is 18.5 Å². The van der Waals surface area contributed by atoms with Crippen LogP contribution in [0.25, 0.3) is 0 Å². The van der Waals surface area contributed by atoms with Crippen molar-refractivity contribution in [3.05, 3.63) is 12.2 Å². The molecule has 0 saturated heterocycles. The van der Waals surface area contributed by atoms with E-state index in [2.05, 4.69) is 6.58 Å². The van der Waals surface area contributed by atoms with Crippen LogP contribution in [0.15, 0.2) is 12.2 Å². The highest BCUT2D eigenvalue weighted by molar-refractivity contribution is 6.60. The maximum atomic E-state index is 11.1. The van der Waals surface area contributed by atoms with Crippen LogP contribution in [-0.4, -0.2) is 85.4 Å². The molecule has 0 atom stereocenters. The molecular weight excluding hydrogens is 420 g/mol. The van der Waals surface area contributed by atoms with Crippen LogP contribution >= 0.6 is 0 Å². The molecule has 0 aromatic rings. The standard InChI is InChI=1S/C10H20O5Si.C7H16O5Si/c1-9(2)10(11)15-7-6-8-16(12-3,13-4)14-5;1-7(8)12-5-6-13(9-2,10-3)11-4/h1,6-8H2,2-5H3;5-6H2,1-4H3. The summed E-state index contributed by atoms with van der Waals surface area (Å²) in [5.41, 5.74) is 0.397. The molecule has 0 rings (SSSR count). The third-order valence-corrected chi connectivity index (χ3v) is 9.30. The zero-order valence-electron chi connectivity index (χ0n) is 18.8. The third kappa shape index (κ3) is 12.9. The van der Waals surface area contributed by atoms with Gasteiger partial charge in [-0.05, 0) is 13.3 Å². The molecule has 0 bridgehead atoms. The molecule has 0 unspecified atom stereocenters. The quantitative estimate of drug-likeness (QED) is 0.166. The Morgan fingerprint density at radius 3 is 1.45 bits per heavy atom. The predicted octanol–water partition coefficient (Wildman–Crippen LogP) is 1.80. The van der Waals surface area contributed by atoms with Crippen LogP contribution in [0.4, 0.5) is 0 Å². The van der Waals surface area contributed by atoms with Gasteiger partial charge in [-0.2, -0.15) is 0 Å². The zero-order valence-corrected chi connectivity index (χ0v) is 20.8. The summed E-state index contributed by atoms with van der Waals surface area (Å²) in [5, 5.41) is 0. The monoisotopic (exact) mass is 456 g/mol. The number of carbonyl (C=O) groups is 2. The highest BCUT2D eigenvalue weighted by Gasteiger charge is 2.38. The van der Waals surface area contributed by atoms with Crippen molar-refractivity contribution < 1.29 is 45.6 Å². The lowest BCUT2D eigenvalue weighted by molar-refractivity contribution is -0.141. The molecule has 0 aliphatic rings. The fraction of sp³-hybridized carbons (Fsp3) is 0.765. The van der Waals surface area contributed by atoms with Crippen LogP contribution in [0.2, 0.25) is 12.1 Å². The molecule has 12 heteroatoms. The Morgan fingerprint density at radius 2 is 1.10 bits per heavy atom. The maximum Gasteiger partial charge on any atom is 0.503 e. The first-order valence-electron chi connectivity index (χ1n) is 8.88. The second kappa shape index (κ2) is 16.6. The van der Waals surface area contributed by atoms with Crippen molar-refractivity contribution in [2.45, 2.75) is 32.4 Å². The maximum absolute atomic E-state index is 11.1. The smallest absolute Gasteiger partial charge is 0.466 e. The van der Waals surface area contributed by atoms with E-state index in [1.54, 1.807) is 28.3 Å². The highest BCUT2D eigenvalue weighted by Crippen LogP contribution is 2.15. The van der Waals surface area contributed by atoms with E-state index < -0.39 is 17.6 Å².